The topological polar surface area (TPSA) is 119 Å². The molecule has 0 amide bonds. The first-order valence-electron chi connectivity index (χ1n) is 10.2. The van der Waals surface area contributed by atoms with Crippen LogP contribution < -0.4 is 13.8 Å². The van der Waals surface area contributed by atoms with Crippen molar-refractivity contribution in [2.24, 2.45) is 0 Å². The van der Waals surface area contributed by atoms with Crippen LogP contribution in [0.1, 0.15) is 37.0 Å². The predicted octanol–water partition coefficient (Wildman–Crippen LogP) is 2.99. The van der Waals surface area contributed by atoms with Crippen molar-refractivity contribution in [3.8, 4) is 5.75 Å². The molecule has 0 bridgehead atoms. The predicted molar refractivity (Wildman–Crippen MR) is 121 cm³/mol. The number of sulfonamides is 2. The molecular weight excluding hydrogens is 456 g/mol. The van der Waals surface area contributed by atoms with Crippen molar-refractivity contribution in [3.05, 3.63) is 48.0 Å². The van der Waals surface area contributed by atoms with Crippen LogP contribution in [0, 0.1) is 0 Å². The molecule has 1 aliphatic heterocycles. The van der Waals surface area contributed by atoms with Crippen molar-refractivity contribution in [1.29, 1.82) is 0 Å². The van der Waals surface area contributed by atoms with E-state index in [1.165, 1.54) is 40.7 Å². The quantitative estimate of drug-likeness (QED) is 0.575. The summed E-state index contributed by atoms with van der Waals surface area (Å²) in [5.74, 6) is -0.370. The Kier molecular flexibility index (Phi) is 7.29. The summed E-state index contributed by atoms with van der Waals surface area (Å²) in [6.07, 6.45) is 1.27. The van der Waals surface area contributed by atoms with Gasteiger partial charge in [-0.15, -0.1) is 0 Å². The number of nitrogens with zero attached hydrogens (tertiary/aromatic N) is 1. The summed E-state index contributed by atoms with van der Waals surface area (Å²) in [4.78, 5) is 11.6. The highest BCUT2D eigenvalue weighted by atomic mass is 32.2. The maximum Gasteiger partial charge on any atom is 0.338 e. The summed E-state index contributed by atoms with van der Waals surface area (Å²) >= 11 is 0. The summed E-state index contributed by atoms with van der Waals surface area (Å²) in [6.45, 7) is 4.17. The molecule has 32 heavy (non-hydrogen) atoms. The van der Waals surface area contributed by atoms with Crippen LogP contribution in [0.25, 0.3) is 0 Å². The van der Waals surface area contributed by atoms with Gasteiger partial charge in [-0.3, -0.25) is 9.03 Å². The molecule has 1 N–H and O–H groups in total. The van der Waals surface area contributed by atoms with Gasteiger partial charge < -0.3 is 9.47 Å². The first kappa shape index (κ1) is 23.9. The van der Waals surface area contributed by atoms with Crippen LogP contribution in [0.3, 0.4) is 0 Å². The molecule has 11 heteroatoms. The number of benzene rings is 2. The Balaban J connectivity index is 1.94. The number of hydrogen-bond acceptors (Lipinski definition) is 7. The van der Waals surface area contributed by atoms with E-state index < -0.39 is 26.0 Å². The lowest BCUT2D eigenvalue weighted by molar-refractivity contribution is 0.0526. The highest BCUT2D eigenvalue weighted by molar-refractivity contribution is 7.93. The third-order valence-corrected chi connectivity index (χ3v) is 8.07. The summed E-state index contributed by atoms with van der Waals surface area (Å²) < 4.78 is 65.4. The molecule has 1 saturated heterocycles. The van der Waals surface area contributed by atoms with E-state index in [0.717, 1.165) is 0 Å². The minimum absolute atomic E-state index is 0.0212. The number of carbonyl (C=O) groups is 1. The fourth-order valence-electron chi connectivity index (χ4n) is 3.31. The maximum atomic E-state index is 13.2. The number of hydrogen-bond donors (Lipinski definition) is 1. The molecule has 0 aliphatic carbocycles. The molecule has 9 nitrogen and oxygen atoms in total. The number of ether oxygens (including phenoxy) is 2. The van der Waals surface area contributed by atoms with Crippen LogP contribution in [0.4, 0.5) is 11.4 Å². The summed E-state index contributed by atoms with van der Waals surface area (Å²) in [5, 5.41) is 0. The lowest BCUT2D eigenvalue weighted by atomic mass is 10.2. The first-order valence-corrected chi connectivity index (χ1v) is 13.3. The van der Waals surface area contributed by atoms with Gasteiger partial charge >= 0.3 is 5.97 Å². The molecular formula is C21H26N2O7S2. The Morgan fingerprint density at radius 1 is 1.06 bits per heavy atom. The van der Waals surface area contributed by atoms with Crippen LogP contribution in [-0.2, 0) is 24.8 Å². The molecule has 1 aliphatic rings. The van der Waals surface area contributed by atoms with Crippen LogP contribution in [-0.4, -0.2) is 48.3 Å². The van der Waals surface area contributed by atoms with Gasteiger partial charge in [-0.2, -0.15) is 0 Å². The fourth-order valence-corrected chi connectivity index (χ4v) is 6.17. The highest BCUT2D eigenvalue weighted by Crippen LogP contribution is 2.33. The molecule has 1 heterocycles. The average Bonchev–Trinajstić information content (AvgIpc) is 2.74. The van der Waals surface area contributed by atoms with E-state index in [1.54, 1.807) is 19.9 Å². The first-order chi connectivity index (χ1) is 15.2. The van der Waals surface area contributed by atoms with E-state index in [2.05, 4.69) is 4.72 Å². The van der Waals surface area contributed by atoms with Gasteiger partial charge in [0.25, 0.3) is 10.0 Å². The lowest BCUT2D eigenvalue weighted by Crippen LogP contribution is -2.37. The second-order valence-corrected chi connectivity index (χ2v) is 10.7. The molecule has 0 atom stereocenters. The van der Waals surface area contributed by atoms with Crippen molar-refractivity contribution < 1.29 is 31.1 Å². The van der Waals surface area contributed by atoms with Crippen LogP contribution in [0.5, 0.6) is 5.75 Å². The van der Waals surface area contributed by atoms with Gasteiger partial charge in [-0.1, -0.05) is 0 Å². The molecule has 0 spiro atoms. The Bertz CT molecular complexity index is 1180. The van der Waals surface area contributed by atoms with Crippen molar-refractivity contribution >= 4 is 37.4 Å². The van der Waals surface area contributed by atoms with Crippen molar-refractivity contribution in [2.45, 2.75) is 31.6 Å². The standard InChI is InChI=1S/C21H26N2O7S2/c1-3-29-19-12-11-18(23-13-5-6-14-31(23,25)26)15-20(19)32(27,28)22-17-9-7-16(8-10-17)21(24)30-4-2/h7-12,15,22H,3-6,13-14H2,1-2H3. The number of esters is 1. The van der Waals surface area contributed by atoms with Gasteiger partial charge in [0.05, 0.1) is 30.2 Å². The number of nitrogens with one attached hydrogen (secondary N) is 1. The van der Waals surface area contributed by atoms with Gasteiger partial charge in [0.1, 0.15) is 10.6 Å². The third kappa shape index (κ3) is 5.33. The van der Waals surface area contributed by atoms with Crippen molar-refractivity contribution in [1.82, 2.24) is 0 Å². The maximum absolute atomic E-state index is 13.2. The fraction of sp³-hybridized carbons (Fsp3) is 0.381. The Morgan fingerprint density at radius 2 is 1.78 bits per heavy atom. The molecule has 174 valence electrons. The highest BCUT2D eigenvalue weighted by Gasteiger charge is 2.29. The Hall–Kier alpha value is -2.79. The zero-order chi connectivity index (χ0) is 23.4. The van der Waals surface area contributed by atoms with E-state index in [-0.39, 0.29) is 41.0 Å². The largest absolute Gasteiger partial charge is 0.492 e. The van der Waals surface area contributed by atoms with Crippen molar-refractivity contribution in [3.63, 3.8) is 0 Å². The lowest BCUT2D eigenvalue weighted by Gasteiger charge is -2.28. The van der Waals surface area contributed by atoms with Crippen molar-refractivity contribution in [2.75, 3.05) is 34.5 Å². The van der Waals surface area contributed by atoms with E-state index in [1.807, 2.05) is 0 Å². The third-order valence-electron chi connectivity index (χ3n) is 4.80. The summed E-state index contributed by atoms with van der Waals surface area (Å²) in [6, 6.07) is 10.1. The molecule has 0 aromatic heterocycles. The zero-order valence-electron chi connectivity index (χ0n) is 17.9. The van der Waals surface area contributed by atoms with Gasteiger partial charge in [0.15, 0.2) is 0 Å². The zero-order valence-corrected chi connectivity index (χ0v) is 19.5. The molecule has 0 radical (unpaired) electrons. The molecule has 0 saturated carbocycles. The van der Waals surface area contributed by atoms with Crippen LogP contribution >= 0.6 is 0 Å². The number of carbonyl (C=O) groups excluding carboxylic acids is 1. The Labute approximate surface area is 188 Å². The van der Waals surface area contributed by atoms with E-state index in [4.69, 9.17) is 9.47 Å². The molecule has 2 aromatic rings. The van der Waals surface area contributed by atoms with Gasteiger partial charge in [0, 0.05) is 12.2 Å². The Morgan fingerprint density at radius 3 is 2.41 bits per heavy atom. The van der Waals surface area contributed by atoms with Gasteiger partial charge in [-0.25, -0.2) is 21.6 Å². The second kappa shape index (κ2) is 9.78. The SMILES string of the molecule is CCOC(=O)c1ccc(NS(=O)(=O)c2cc(N3CCCCS3(=O)=O)ccc2OCC)cc1. The van der Waals surface area contributed by atoms with E-state index in [0.29, 0.717) is 24.9 Å². The number of rotatable bonds is 8. The van der Waals surface area contributed by atoms with Gasteiger partial charge in [-0.05, 0) is 69.2 Å². The summed E-state index contributed by atoms with van der Waals surface area (Å²) in [5.41, 5.74) is 0.796. The smallest absolute Gasteiger partial charge is 0.338 e. The normalized spacial score (nSPS) is 15.8. The molecule has 3 rings (SSSR count). The van der Waals surface area contributed by atoms with E-state index in [9.17, 15) is 21.6 Å². The summed E-state index contributed by atoms with van der Waals surface area (Å²) in [7, 11) is -7.63. The van der Waals surface area contributed by atoms with E-state index >= 15 is 0 Å². The second-order valence-electron chi connectivity index (χ2n) is 7.06. The minimum Gasteiger partial charge on any atom is -0.492 e. The monoisotopic (exact) mass is 482 g/mol. The van der Waals surface area contributed by atoms with Crippen LogP contribution in [0.15, 0.2) is 47.4 Å². The molecule has 0 unspecified atom stereocenters. The molecule has 2 aromatic carbocycles. The average molecular weight is 483 g/mol. The number of anilines is 2. The minimum atomic E-state index is -4.12. The molecule has 1 fully saturated rings. The van der Waals surface area contributed by atoms with Gasteiger partial charge in [0.2, 0.25) is 10.0 Å². The van der Waals surface area contributed by atoms with Crippen LogP contribution in [0.2, 0.25) is 0 Å².